The van der Waals surface area contributed by atoms with E-state index in [0.29, 0.717) is 47.6 Å². The van der Waals surface area contributed by atoms with Crippen LogP contribution in [0.2, 0.25) is 0 Å². The number of pyridine rings is 2. The van der Waals surface area contributed by atoms with Crippen molar-refractivity contribution in [3.63, 3.8) is 0 Å². The van der Waals surface area contributed by atoms with Crippen molar-refractivity contribution in [3.8, 4) is 6.07 Å². The van der Waals surface area contributed by atoms with Crippen molar-refractivity contribution < 1.29 is 8.78 Å². The minimum absolute atomic E-state index is 0.0457. The first kappa shape index (κ1) is 20.9. The second kappa shape index (κ2) is 8.08. The SMILES string of the molecule is CC1CN(c2cc(=O)n(C)c3ccc(C#N)nc23)[C@@H](C)CN1Cc1ccc(F)c(F)c1. The zero-order chi connectivity index (χ0) is 22.3. The van der Waals surface area contributed by atoms with Crippen molar-refractivity contribution in [1.82, 2.24) is 14.5 Å². The van der Waals surface area contributed by atoms with Gasteiger partial charge in [0, 0.05) is 44.8 Å². The molecule has 0 spiro atoms. The molecule has 1 aliphatic heterocycles. The van der Waals surface area contributed by atoms with Crippen LogP contribution in [0, 0.1) is 23.0 Å². The topological polar surface area (TPSA) is 65.2 Å². The number of hydrogen-bond acceptors (Lipinski definition) is 5. The minimum atomic E-state index is -0.850. The van der Waals surface area contributed by atoms with Crippen molar-refractivity contribution in [2.24, 2.45) is 7.05 Å². The zero-order valence-electron chi connectivity index (χ0n) is 17.6. The number of halogens is 2. The number of rotatable bonds is 3. The molecule has 1 fully saturated rings. The minimum Gasteiger partial charge on any atom is -0.364 e. The van der Waals surface area contributed by atoms with Gasteiger partial charge in [0.05, 0.1) is 11.2 Å². The van der Waals surface area contributed by atoms with Gasteiger partial charge in [0.15, 0.2) is 11.6 Å². The lowest BCUT2D eigenvalue weighted by Gasteiger charge is -2.45. The Hall–Kier alpha value is -3.31. The van der Waals surface area contributed by atoms with E-state index in [0.717, 1.165) is 6.07 Å². The number of aryl methyl sites for hydroxylation is 1. The van der Waals surface area contributed by atoms with Gasteiger partial charge in [0.1, 0.15) is 17.3 Å². The highest BCUT2D eigenvalue weighted by atomic mass is 19.2. The smallest absolute Gasteiger partial charge is 0.252 e. The molecule has 31 heavy (non-hydrogen) atoms. The Kier molecular flexibility index (Phi) is 5.46. The summed E-state index contributed by atoms with van der Waals surface area (Å²) in [5.74, 6) is -1.69. The fourth-order valence-electron chi connectivity index (χ4n) is 4.22. The maximum Gasteiger partial charge on any atom is 0.252 e. The van der Waals surface area contributed by atoms with E-state index in [-0.39, 0.29) is 17.6 Å². The van der Waals surface area contributed by atoms with E-state index in [1.165, 1.54) is 10.6 Å². The Morgan fingerprint density at radius 1 is 1.10 bits per heavy atom. The molecule has 2 aromatic heterocycles. The quantitative estimate of drug-likeness (QED) is 0.648. The second-order valence-electron chi connectivity index (χ2n) is 8.13. The van der Waals surface area contributed by atoms with Crippen molar-refractivity contribution in [2.75, 3.05) is 18.0 Å². The molecule has 1 saturated heterocycles. The molecule has 4 rings (SSSR count). The van der Waals surface area contributed by atoms with Crippen molar-refractivity contribution in [3.05, 3.63) is 69.6 Å². The average Bonchev–Trinajstić information content (AvgIpc) is 2.75. The van der Waals surface area contributed by atoms with Crippen LogP contribution in [0.15, 0.2) is 41.2 Å². The van der Waals surface area contributed by atoms with E-state index < -0.39 is 11.6 Å². The highest BCUT2D eigenvalue weighted by molar-refractivity contribution is 5.89. The predicted octanol–water partition coefficient (Wildman–Crippen LogP) is 3.18. The third kappa shape index (κ3) is 3.89. The van der Waals surface area contributed by atoms with E-state index in [1.807, 2.05) is 0 Å². The molecule has 0 bridgehead atoms. The van der Waals surface area contributed by atoms with E-state index in [9.17, 15) is 18.8 Å². The number of anilines is 1. The highest BCUT2D eigenvalue weighted by Gasteiger charge is 2.31. The van der Waals surface area contributed by atoms with E-state index in [1.54, 1.807) is 31.3 Å². The van der Waals surface area contributed by atoms with Crippen LogP contribution >= 0.6 is 0 Å². The van der Waals surface area contributed by atoms with Crippen LogP contribution in [0.5, 0.6) is 0 Å². The number of fused-ring (bicyclic) bond motifs is 1. The first-order chi connectivity index (χ1) is 14.8. The molecular weight excluding hydrogens is 400 g/mol. The van der Waals surface area contributed by atoms with Crippen LogP contribution in [0.3, 0.4) is 0 Å². The molecule has 3 heterocycles. The van der Waals surface area contributed by atoms with Gasteiger partial charge in [0.25, 0.3) is 5.56 Å². The van der Waals surface area contributed by atoms with Gasteiger partial charge in [-0.2, -0.15) is 5.26 Å². The molecule has 0 aliphatic carbocycles. The Morgan fingerprint density at radius 2 is 1.87 bits per heavy atom. The molecular formula is C23H23F2N5O. The van der Waals surface area contributed by atoms with Crippen LogP contribution < -0.4 is 10.5 Å². The highest BCUT2D eigenvalue weighted by Crippen LogP contribution is 2.29. The molecule has 8 heteroatoms. The predicted molar refractivity (Wildman–Crippen MR) is 115 cm³/mol. The van der Waals surface area contributed by atoms with Crippen LogP contribution in [0.4, 0.5) is 14.5 Å². The summed E-state index contributed by atoms with van der Waals surface area (Å²) < 4.78 is 28.4. The summed E-state index contributed by atoms with van der Waals surface area (Å²) in [7, 11) is 1.69. The number of hydrogen-bond donors (Lipinski definition) is 0. The van der Waals surface area contributed by atoms with Gasteiger partial charge in [-0.15, -0.1) is 0 Å². The summed E-state index contributed by atoms with van der Waals surface area (Å²) in [6.07, 6.45) is 0. The normalized spacial score (nSPS) is 19.5. The van der Waals surface area contributed by atoms with Crippen LogP contribution in [-0.2, 0) is 13.6 Å². The fourth-order valence-corrected chi connectivity index (χ4v) is 4.22. The van der Waals surface area contributed by atoms with Gasteiger partial charge >= 0.3 is 0 Å². The van der Waals surface area contributed by atoms with Crippen molar-refractivity contribution in [1.29, 1.82) is 5.26 Å². The van der Waals surface area contributed by atoms with Crippen molar-refractivity contribution >= 4 is 16.7 Å². The van der Waals surface area contributed by atoms with Crippen molar-refractivity contribution in [2.45, 2.75) is 32.5 Å². The van der Waals surface area contributed by atoms with Crippen LogP contribution in [-0.4, -0.2) is 39.6 Å². The third-order valence-corrected chi connectivity index (χ3v) is 5.98. The summed E-state index contributed by atoms with van der Waals surface area (Å²) in [5.41, 5.74) is 2.87. The Labute approximate surface area is 179 Å². The molecule has 0 radical (unpaired) electrons. The number of benzene rings is 1. The van der Waals surface area contributed by atoms with Gasteiger partial charge in [-0.25, -0.2) is 13.8 Å². The lowest BCUT2D eigenvalue weighted by atomic mass is 10.0. The van der Waals surface area contributed by atoms with Crippen LogP contribution in [0.25, 0.3) is 11.0 Å². The Bertz CT molecular complexity index is 1250. The van der Waals surface area contributed by atoms with E-state index >= 15 is 0 Å². The Morgan fingerprint density at radius 3 is 2.58 bits per heavy atom. The summed E-state index contributed by atoms with van der Waals surface area (Å²) in [4.78, 5) is 21.4. The Balaban J connectivity index is 1.66. The molecule has 1 aromatic carbocycles. The lowest BCUT2D eigenvalue weighted by molar-refractivity contribution is 0.158. The van der Waals surface area contributed by atoms with Gasteiger partial charge in [-0.05, 0) is 43.7 Å². The van der Waals surface area contributed by atoms with Gasteiger partial charge in [0.2, 0.25) is 0 Å². The summed E-state index contributed by atoms with van der Waals surface area (Å²) in [5, 5.41) is 9.28. The first-order valence-corrected chi connectivity index (χ1v) is 10.1. The average molecular weight is 423 g/mol. The maximum absolute atomic E-state index is 13.6. The molecule has 3 aromatic rings. The molecule has 2 atom stereocenters. The molecule has 0 saturated carbocycles. The molecule has 1 unspecified atom stereocenters. The summed E-state index contributed by atoms with van der Waals surface area (Å²) in [6.45, 7) is 5.93. The monoisotopic (exact) mass is 423 g/mol. The summed E-state index contributed by atoms with van der Waals surface area (Å²) >= 11 is 0. The maximum atomic E-state index is 13.6. The van der Waals surface area contributed by atoms with E-state index in [2.05, 4.69) is 34.7 Å². The first-order valence-electron chi connectivity index (χ1n) is 10.1. The zero-order valence-corrected chi connectivity index (χ0v) is 17.6. The largest absolute Gasteiger partial charge is 0.364 e. The molecule has 0 N–H and O–H groups in total. The summed E-state index contributed by atoms with van der Waals surface area (Å²) in [6, 6.07) is 11.1. The van der Waals surface area contributed by atoms with E-state index in [4.69, 9.17) is 0 Å². The number of piperazine rings is 1. The molecule has 160 valence electrons. The standard InChI is InChI=1S/C23H23F2N5O/c1-14-12-30(15(2)11-29(14)13-16-4-6-18(24)19(25)8-16)21-9-22(31)28(3)20-7-5-17(10-26)27-23(20)21/h4-9,14-15H,11-13H2,1-3H3/t14?,15-/m0/s1. The number of aromatic nitrogens is 2. The lowest BCUT2D eigenvalue weighted by Crippen LogP contribution is -2.56. The third-order valence-electron chi connectivity index (χ3n) is 5.98. The van der Waals surface area contributed by atoms with Crippen LogP contribution in [0.1, 0.15) is 25.1 Å². The molecule has 0 amide bonds. The van der Waals surface area contributed by atoms with Gasteiger partial charge in [-0.3, -0.25) is 9.69 Å². The fraction of sp³-hybridized carbons (Fsp3) is 0.348. The molecule has 6 nitrogen and oxygen atoms in total. The van der Waals surface area contributed by atoms with Gasteiger partial charge < -0.3 is 9.47 Å². The number of nitriles is 1. The second-order valence-corrected chi connectivity index (χ2v) is 8.13. The number of nitrogens with zero attached hydrogens (tertiary/aromatic N) is 5. The molecule has 1 aliphatic rings. The van der Waals surface area contributed by atoms with Gasteiger partial charge in [-0.1, -0.05) is 6.07 Å².